The SMILES string of the molecule is Nc1nc2c(c(-c3ccc(Cl)cc3Cl)n1)CN(C(=O)c1ncc(F)cc1F)C2.Nc1nc2c(c(-c3ccc(Cl)cc3Cl)n1)CNC2.O=C(O)c1ncc(F)cc1F. The summed E-state index contributed by atoms with van der Waals surface area (Å²) in [7, 11) is 0. The molecule has 292 valence electrons. The van der Waals surface area contributed by atoms with Crippen molar-refractivity contribution in [1.29, 1.82) is 0 Å². The number of carboxylic acids is 1. The molecule has 6 aromatic rings. The quantitative estimate of drug-likeness (QED) is 0.127. The van der Waals surface area contributed by atoms with E-state index < -0.39 is 46.5 Å². The lowest BCUT2D eigenvalue weighted by Gasteiger charge is -2.15. The van der Waals surface area contributed by atoms with E-state index in [9.17, 15) is 27.2 Å². The Morgan fingerprint density at radius 2 is 1.18 bits per heavy atom. The van der Waals surface area contributed by atoms with Gasteiger partial charge >= 0.3 is 5.97 Å². The van der Waals surface area contributed by atoms with Crippen LogP contribution in [0.1, 0.15) is 43.5 Å². The van der Waals surface area contributed by atoms with Crippen LogP contribution in [0, 0.1) is 23.3 Å². The summed E-state index contributed by atoms with van der Waals surface area (Å²) in [5.74, 6) is -5.89. The molecule has 57 heavy (non-hydrogen) atoms. The second-order valence-electron chi connectivity index (χ2n) is 12.0. The van der Waals surface area contributed by atoms with Crippen LogP contribution in [0.3, 0.4) is 0 Å². The van der Waals surface area contributed by atoms with Crippen LogP contribution in [0.15, 0.2) is 60.9 Å². The highest BCUT2D eigenvalue weighted by atomic mass is 35.5. The number of hydrogen-bond donors (Lipinski definition) is 4. The van der Waals surface area contributed by atoms with E-state index in [0.717, 1.165) is 35.3 Å². The van der Waals surface area contributed by atoms with Gasteiger partial charge < -0.3 is 26.8 Å². The van der Waals surface area contributed by atoms with Crippen molar-refractivity contribution in [3.8, 4) is 22.5 Å². The molecule has 0 fully saturated rings. The highest BCUT2D eigenvalue weighted by Crippen LogP contribution is 2.37. The number of carboxylic acid groups (broad SMARTS) is 1. The molecule has 0 spiro atoms. The number of nitrogens with two attached hydrogens (primary N) is 2. The molecule has 2 aliphatic rings. The molecule has 0 radical (unpaired) electrons. The lowest BCUT2D eigenvalue weighted by molar-refractivity contribution is 0.0683. The minimum atomic E-state index is -1.51. The van der Waals surface area contributed by atoms with Crippen molar-refractivity contribution in [2.24, 2.45) is 0 Å². The zero-order valence-electron chi connectivity index (χ0n) is 28.7. The van der Waals surface area contributed by atoms with Gasteiger partial charge in [0.05, 0.1) is 58.3 Å². The molecule has 8 rings (SSSR count). The molecule has 0 bridgehead atoms. The minimum Gasteiger partial charge on any atom is -0.476 e. The van der Waals surface area contributed by atoms with Crippen LogP contribution in [0.25, 0.3) is 22.5 Å². The Balaban J connectivity index is 0.000000161. The number of rotatable bonds is 4. The predicted octanol–water partition coefficient (Wildman–Crippen LogP) is 7.56. The number of benzene rings is 2. The average molecular weight is 862 g/mol. The summed E-state index contributed by atoms with van der Waals surface area (Å²) in [6, 6.07) is 11.3. The van der Waals surface area contributed by atoms with Gasteiger partial charge in [0, 0.05) is 57.5 Å². The second kappa shape index (κ2) is 17.2. The van der Waals surface area contributed by atoms with Gasteiger partial charge in [-0.1, -0.05) is 46.4 Å². The maximum atomic E-state index is 14.0. The fraction of sp³-hybridized carbons (Fsp3) is 0.111. The Morgan fingerprint density at radius 3 is 1.68 bits per heavy atom. The molecule has 0 atom stereocenters. The van der Waals surface area contributed by atoms with Gasteiger partial charge in [-0.25, -0.2) is 52.3 Å². The van der Waals surface area contributed by atoms with Crippen molar-refractivity contribution in [1.82, 2.24) is 40.1 Å². The molecule has 0 aliphatic carbocycles. The maximum Gasteiger partial charge on any atom is 0.357 e. The van der Waals surface area contributed by atoms with Crippen LogP contribution in [-0.4, -0.2) is 51.8 Å². The second-order valence-corrected chi connectivity index (χ2v) is 13.7. The Bertz CT molecular complexity index is 2570. The van der Waals surface area contributed by atoms with Crippen LogP contribution in [0.4, 0.5) is 29.5 Å². The van der Waals surface area contributed by atoms with Crippen LogP contribution in [0.5, 0.6) is 0 Å². The van der Waals surface area contributed by atoms with Crippen LogP contribution >= 0.6 is 46.4 Å². The molecular weight excluding hydrogens is 838 g/mol. The Kier molecular flexibility index (Phi) is 12.3. The molecule has 0 saturated carbocycles. The Labute approximate surface area is 339 Å². The van der Waals surface area contributed by atoms with E-state index >= 15 is 0 Å². The molecule has 1 amide bonds. The number of hydrogen-bond acceptors (Lipinski definition) is 11. The molecule has 4 aromatic heterocycles. The lowest BCUT2D eigenvalue weighted by Crippen LogP contribution is -2.27. The van der Waals surface area contributed by atoms with Gasteiger partial charge in [-0.05, 0) is 36.4 Å². The number of anilines is 2. The van der Waals surface area contributed by atoms with Crippen LogP contribution < -0.4 is 16.8 Å². The van der Waals surface area contributed by atoms with E-state index in [1.807, 2.05) is 6.07 Å². The van der Waals surface area contributed by atoms with Crippen molar-refractivity contribution in [2.45, 2.75) is 26.2 Å². The van der Waals surface area contributed by atoms with Crippen molar-refractivity contribution < 1.29 is 32.3 Å². The topological polar surface area (TPSA) is 199 Å². The fourth-order valence-corrected chi connectivity index (χ4v) is 6.70. The largest absolute Gasteiger partial charge is 0.476 e. The number of carbonyl (C=O) groups excluding carboxylic acids is 1. The first-order chi connectivity index (χ1) is 27.1. The van der Waals surface area contributed by atoms with Gasteiger partial charge in [-0.3, -0.25) is 4.79 Å². The number of aromatic nitrogens is 6. The molecule has 2 aromatic carbocycles. The number of nitrogens with zero attached hydrogens (tertiary/aromatic N) is 7. The maximum absolute atomic E-state index is 14.0. The van der Waals surface area contributed by atoms with Gasteiger partial charge in [0.1, 0.15) is 11.6 Å². The number of amides is 1. The van der Waals surface area contributed by atoms with Gasteiger partial charge in [-0.2, -0.15) is 0 Å². The van der Waals surface area contributed by atoms with Crippen LogP contribution in [0.2, 0.25) is 20.1 Å². The number of halogens is 8. The summed E-state index contributed by atoms with van der Waals surface area (Å²) in [6.45, 7) is 1.61. The van der Waals surface area contributed by atoms with Gasteiger partial charge in [-0.15, -0.1) is 0 Å². The monoisotopic (exact) mass is 860 g/mol. The molecule has 6 heterocycles. The molecular formula is C36H24Cl4F4N10O3. The predicted molar refractivity (Wildman–Crippen MR) is 203 cm³/mol. The lowest BCUT2D eigenvalue weighted by atomic mass is 10.1. The highest BCUT2D eigenvalue weighted by Gasteiger charge is 2.32. The summed E-state index contributed by atoms with van der Waals surface area (Å²) in [4.78, 5) is 47.7. The van der Waals surface area contributed by atoms with Gasteiger partial charge in [0.15, 0.2) is 23.0 Å². The van der Waals surface area contributed by atoms with E-state index in [0.29, 0.717) is 67.5 Å². The molecule has 2 aliphatic heterocycles. The van der Waals surface area contributed by atoms with E-state index in [4.69, 9.17) is 63.0 Å². The molecule has 0 saturated heterocycles. The third-order valence-corrected chi connectivity index (χ3v) is 9.28. The highest BCUT2D eigenvalue weighted by molar-refractivity contribution is 6.37. The van der Waals surface area contributed by atoms with E-state index in [2.05, 4.69) is 35.2 Å². The fourth-order valence-electron chi connectivity index (χ4n) is 5.71. The average Bonchev–Trinajstić information content (AvgIpc) is 3.79. The van der Waals surface area contributed by atoms with Crippen molar-refractivity contribution in [3.05, 3.63) is 138 Å². The Hall–Kier alpha value is -5.72. The molecule has 6 N–H and O–H groups in total. The minimum absolute atomic E-state index is 0.0140. The summed E-state index contributed by atoms with van der Waals surface area (Å²) in [5, 5.41) is 13.4. The third kappa shape index (κ3) is 9.30. The summed E-state index contributed by atoms with van der Waals surface area (Å²) in [6.07, 6.45) is 1.43. The van der Waals surface area contributed by atoms with Crippen molar-refractivity contribution in [2.75, 3.05) is 11.5 Å². The first kappa shape index (κ1) is 40.9. The van der Waals surface area contributed by atoms with Gasteiger partial charge in [0.2, 0.25) is 11.9 Å². The van der Waals surface area contributed by atoms with E-state index in [1.165, 1.54) is 4.90 Å². The number of nitrogen functional groups attached to an aromatic ring is 2. The first-order valence-corrected chi connectivity index (χ1v) is 17.7. The summed E-state index contributed by atoms with van der Waals surface area (Å²) >= 11 is 24.3. The van der Waals surface area contributed by atoms with E-state index in [-0.39, 0.29) is 25.0 Å². The van der Waals surface area contributed by atoms with E-state index in [1.54, 1.807) is 30.3 Å². The number of carbonyl (C=O) groups is 2. The molecule has 21 heteroatoms. The smallest absolute Gasteiger partial charge is 0.357 e. The van der Waals surface area contributed by atoms with Crippen molar-refractivity contribution in [3.63, 3.8) is 0 Å². The number of pyridine rings is 2. The zero-order valence-corrected chi connectivity index (χ0v) is 31.7. The number of nitrogens with one attached hydrogen (secondary N) is 1. The number of aromatic carboxylic acids is 1. The zero-order chi connectivity index (χ0) is 41.1. The standard InChI is InChI=1S/C18H11Cl2F2N5O.C12H10Cl2N4.C6H3F2NO2/c19-8-1-2-10(12(20)3-8)15-11-6-27(7-14(11)25-18(23)26-15)17(28)16-13(22)4-9(21)5-24-16;13-6-1-2-7(9(14)3-6)11-8-4-16-5-10(8)17-12(15)18-11;7-3-1-4(8)5(6(10)11)9-2-3/h1-5H,6-7H2,(H2,23,25,26);1-3,16H,4-5H2,(H2,15,17,18);1-2H,(H,10,11). The molecule has 13 nitrogen and oxygen atoms in total. The molecule has 0 unspecified atom stereocenters. The normalized spacial score (nSPS) is 12.5. The van der Waals surface area contributed by atoms with Gasteiger partial charge in [0.25, 0.3) is 5.91 Å². The van der Waals surface area contributed by atoms with Crippen molar-refractivity contribution >= 4 is 70.2 Å². The Morgan fingerprint density at radius 1 is 0.667 bits per heavy atom. The summed E-state index contributed by atoms with van der Waals surface area (Å²) < 4.78 is 51.6. The first-order valence-electron chi connectivity index (χ1n) is 16.2. The number of fused-ring (bicyclic) bond motifs is 2. The third-order valence-electron chi connectivity index (χ3n) is 8.18. The van der Waals surface area contributed by atoms with Crippen LogP contribution in [-0.2, 0) is 26.2 Å². The summed E-state index contributed by atoms with van der Waals surface area (Å²) in [5.41, 5.74) is 16.1.